The molecule has 1 aliphatic heterocycles. The van der Waals surface area contributed by atoms with Crippen molar-refractivity contribution in [2.24, 2.45) is 0 Å². The lowest BCUT2D eigenvalue weighted by Gasteiger charge is -2.38. The van der Waals surface area contributed by atoms with E-state index in [0.29, 0.717) is 31.9 Å². The molecule has 0 amide bonds. The quantitative estimate of drug-likeness (QED) is 0.802. The van der Waals surface area contributed by atoms with Crippen molar-refractivity contribution < 1.29 is 18.3 Å². The molecule has 2 N–H and O–H groups in total. The summed E-state index contributed by atoms with van der Waals surface area (Å²) in [6.07, 6.45) is 0. The Morgan fingerprint density at radius 2 is 1.82 bits per heavy atom. The van der Waals surface area contributed by atoms with Gasteiger partial charge >= 0.3 is 5.97 Å². The lowest BCUT2D eigenvalue weighted by molar-refractivity contribution is -0.142. The van der Waals surface area contributed by atoms with Crippen molar-refractivity contribution in [3.63, 3.8) is 0 Å². The average molecular weight is 327 g/mol. The summed E-state index contributed by atoms with van der Waals surface area (Å²) in [5, 5.41) is 9.06. The molecule has 1 heterocycles. The number of nitrogens with one attached hydrogen (secondary N) is 1. The van der Waals surface area contributed by atoms with E-state index in [0.717, 1.165) is 0 Å². The van der Waals surface area contributed by atoms with Crippen molar-refractivity contribution in [3.05, 3.63) is 24.3 Å². The summed E-state index contributed by atoms with van der Waals surface area (Å²) in [6, 6.07) is 6.32. The molecule has 0 unspecified atom stereocenters. The minimum atomic E-state index is -3.52. The molecular weight excluding hydrogens is 306 g/mol. The predicted molar refractivity (Wildman–Crippen MR) is 83.6 cm³/mol. The number of aliphatic carboxylic acids is 1. The normalized spacial score (nSPS) is 18.2. The van der Waals surface area contributed by atoms with Gasteiger partial charge in [0.1, 0.15) is 10.9 Å². The van der Waals surface area contributed by atoms with Gasteiger partial charge in [-0.05, 0) is 26.1 Å². The Labute approximate surface area is 130 Å². The van der Waals surface area contributed by atoms with Gasteiger partial charge in [-0.15, -0.1) is 0 Å². The topological polar surface area (TPSA) is 90.0 Å². The number of hydrogen-bond donors (Lipinski definition) is 2. The van der Waals surface area contributed by atoms with E-state index in [1.54, 1.807) is 31.2 Å². The van der Waals surface area contributed by atoms with Crippen molar-refractivity contribution in [2.75, 3.05) is 38.1 Å². The number of benzene rings is 1. The third-order valence-corrected chi connectivity index (χ3v) is 5.45. The maximum absolute atomic E-state index is 12.1. The Morgan fingerprint density at radius 1 is 1.23 bits per heavy atom. The van der Waals surface area contributed by atoms with E-state index in [2.05, 4.69) is 4.72 Å². The molecule has 1 aromatic carbocycles. The number of anilines is 1. The average Bonchev–Trinajstić information content (AvgIpc) is 2.54. The molecule has 0 aliphatic carbocycles. The Morgan fingerprint density at radius 3 is 2.36 bits per heavy atom. The van der Waals surface area contributed by atoms with Crippen LogP contribution in [-0.2, 0) is 14.8 Å². The fourth-order valence-corrected chi connectivity index (χ4v) is 3.51. The van der Waals surface area contributed by atoms with Gasteiger partial charge in [0.05, 0.1) is 5.69 Å². The highest BCUT2D eigenvalue weighted by Crippen LogP contribution is 2.26. The van der Waals surface area contributed by atoms with Crippen molar-refractivity contribution in [3.8, 4) is 0 Å². The van der Waals surface area contributed by atoms with Gasteiger partial charge in [0.2, 0.25) is 10.0 Å². The van der Waals surface area contributed by atoms with E-state index in [1.165, 1.54) is 7.05 Å². The lowest BCUT2D eigenvalue weighted by Crippen LogP contribution is -2.52. The number of carbonyl (C=O) groups is 1. The summed E-state index contributed by atoms with van der Waals surface area (Å²) in [5.41, 5.74) is 0.652. The summed E-state index contributed by atoms with van der Waals surface area (Å²) in [7, 11) is -2.13. The van der Waals surface area contributed by atoms with Crippen LogP contribution in [0.15, 0.2) is 29.2 Å². The van der Waals surface area contributed by atoms with Crippen molar-refractivity contribution in [2.45, 2.75) is 17.9 Å². The van der Waals surface area contributed by atoms with Crippen LogP contribution in [0.4, 0.5) is 5.69 Å². The molecule has 122 valence electrons. The molecule has 1 saturated heterocycles. The Hall–Kier alpha value is -1.64. The molecule has 2 rings (SSSR count). The second kappa shape index (κ2) is 6.64. The van der Waals surface area contributed by atoms with E-state index >= 15 is 0 Å². The Kier molecular flexibility index (Phi) is 5.05. The first-order valence-electron chi connectivity index (χ1n) is 7.11. The molecular formula is C14H21N3O4S. The Balaban J connectivity index is 2.18. The van der Waals surface area contributed by atoms with Gasteiger partial charge in [0.25, 0.3) is 0 Å². The van der Waals surface area contributed by atoms with Crippen LogP contribution in [0.5, 0.6) is 0 Å². The summed E-state index contributed by atoms with van der Waals surface area (Å²) >= 11 is 0. The highest BCUT2D eigenvalue weighted by molar-refractivity contribution is 7.89. The first-order chi connectivity index (χ1) is 10.4. The number of nitrogens with zero attached hydrogens (tertiary/aromatic N) is 2. The zero-order valence-electron chi connectivity index (χ0n) is 12.7. The fraction of sp³-hybridized carbons (Fsp3) is 0.500. The molecule has 0 aromatic heterocycles. The van der Waals surface area contributed by atoms with Gasteiger partial charge in [-0.2, -0.15) is 0 Å². The zero-order valence-corrected chi connectivity index (χ0v) is 13.5. The highest BCUT2D eigenvalue weighted by atomic mass is 32.2. The summed E-state index contributed by atoms with van der Waals surface area (Å²) in [6.45, 7) is 4.02. The number of hydrogen-bond acceptors (Lipinski definition) is 5. The minimum Gasteiger partial charge on any atom is -0.480 e. The number of sulfonamides is 1. The van der Waals surface area contributed by atoms with Gasteiger partial charge in [-0.25, -0.2) is 13.1 Å². The number of para-hydroxylation sites is 1. The molecule has 7 nitrogen and oxygen atoms in total. The first kappa shape index (κ1) is 16.7. The second-order valence-corrected chi connectivity index (χ2v) is 7.07. The number of rotatable bonds is 5. The summed E-state index contributed by atoms with van der Waals surface area (Å²) in [4.78, 5) is 15.1. The molecule has 0 radical (unpaired) electrons. The van der Waals surface area contributed by atoms with Gasteiger partial charge in [0, 0.05) is 26.2 Å². The van der Waals surface area contributed by atoms with Gasteiger partial charge in [-0.3, -0.25) is 9.69 Å². The standard InChI is InChI=1S/C14H21N3O4S/c1-11(14(18)19)16-7-9-17(10-8-16)12-5-3-4-6-13(12)22(20,21)15-2/h3-6,11,15H,7-10H2,1-2H3,(H,18,19)/t11-/m1/s1. The lowest BCUT2D eigenvalue weighted by atomic mass is 10.2. The summed E-state index contributed by atoms with van der Waals surface area (Å²) in [5.74, 6) is -0.841. The minimum absolute atomic E-state index is 0.247. The second-order valence-electron chi connectivity index (χ2n) is 5.21. The smallest absolute Gasteiger partial charge is 0.320 e. The maximum Gasteiger partial charge on any atom is 0.320 e. The van der Waals surface area contributed by atoms with Gasteiger partial charge < -0.3 is 10.0 Å². The fourth-order valence-electron chi connectivity index (χ4n) is 2.56. The molecule has 0 saturated carbocycles. The van der Waals surface area contributed by atoms with Gasteiger partial charge in [0.15, 0.2) is 0 Å². The van der Waals surface area contributed by atoms with Crippen LogP contribution in [-0.4, -0.2) is 63.7 Å². The van der Waals surface area contributed by atoms with Gasteiger partial charge in [-0.1, -0.05) is 12.1 Å². The van der Waals surface area contributed by atoms with E-state index in [4.69, 9.17) is 5.11 Å². The molecule has 1 aliphatic rings. The zero-order chi connectivity index (χ0) is 16.3. The maximum atomic E-state index is 12.1. The molecule has 0 bridgehead atoms. The Bertz CT molecular complexity index is 639. The molecule has 1 aromatic rings. The van der Waals surface area contributed by atoms with Crippen molar-refractivity contribution in [1.82, 2.24) is 9.62 Å². The highest BCUT2D eigenvalue weighted by Gasteiger charge is 2.27. The number of carboxylic acid groups (broad SMARTS) is 1. The van der Waals surface area contributed by atoms with Crippen LogP contribution in [0, 0.1) is 0 Å². The molecule has 8 heteroatoms. The number of piperazine rings is 1. The van der Waals surface area contributed by atoms with Crippen molar-refractivity contribution in [1.29, 1.82) is 0 Å². The van der Waals surface area contributed by atoms with E-state index in [9.17, 15) is 13.2 Å². The van der Waals surface area contributed by atoms with Crippen LogP contribution in [0.3, 0.4) is 0 Å². The SMILES string of the molecule is CNS(=O)(=O)c1ccccc1N1CCN([C@H](C)C(=O)O)CC1. The number of carboxylic acids is 1. The summed E-state index contributed by atoms with van der Waals surface area (Å²) < 4.78 is 26.5. The monoisotopic (exact) mass is 327 g/mol. The molecule has 1 fully saturated rings. The third kappa shape index (κ3) is 3.40. The van der Waals surface area contributed by atoms with Crippen LogP contribution >= 0.6 is 0 Å². The third-order valence-electron chi connectivity index (χ3n) is 3.98. The van der Waals surface area contributed by atoms with E-state index in [1.807, 2.05) is 9.80 Å². The van der Waals surface area contributed by atoms with Crippen LogP contribution in [0.25, 0.3) is 0 Å². The van der Waals surface area contributed by atoms with E-state index < -0.39 is 22.0 Å². The molecule has 22 heavy (non-hydrogen) atoms. The van der Waals surface area contributed by atoms with Crippen LogP contribution < -0.4 is 9.62 Å². The van der Waals surface area contributed by atoms with Crippen LogP contribution in [0.1, 0.15) is 6.92 Å². The largest absolute Gasteiger partial charge is 0.480 e. The first-order valence-corrected chi connectivity index (χ1v) is 8.59. The van der Waals surface area contributed by atoms with Crippen LogP contribution in [0.2, 0.25) is 0 Å². The molecule has 0 spiro atoms. The molecule has 1 atom stereocenters. The van der Waals surface area contributed by atoms with Crippen molar-refractivity contribution >= 4 is 21.7 Å². The predicted octanol–water partition coefficient (Wildman–Crippen LogP) is 0.190. The van der Waals surface area contributed by atoms with E-state index in [-0.39, 0.29) is 4.90 Å².